The van der Waals surface area contributed by atoms with Crippen LogP contribution in [0.5, 0.6) is 5.75 Å². The number of fused-ring (bicyclic) bond motifs is 2. The van der Waals surface area contributed by atoms with E-state index in [1.54, 1.807) is 23.6 Å². The first-order valence-corrected chi connectivity index (χ1v) is 23.3. The van der Waals surface area contributed by atoms with Gasteiger partial charge in [-0.15, -0.1) is 11.3 Å². The van der Waals surface area contributed by atoms with E-state index in [2.05, 4.69) is 30.7 Å². The Hall–Kier alpha value is -6.73. The number of nitrogens with one attached hydrogen (secondary N) is 3. The quantitative estimate of drug-likeness (QED) is 0.102. The number of nitrogens with zero attached hydrogens (tertiary/aromatic N) is 6. The number of rotatable bonds is 14. The number of piperidine rings is 2. The first-order chi connectivity index (χ1) is 31.9. The van der Waals surface area contributed by atoms with Gasteiger partial charge >= 0.3 is 0 Å². The van der Waals surface area contributed by atoms with Crippen LogP contribution in [0.15, 0.2) is 66.2 Å². The Morgan fingerprint density at radius 1 is 0.879 bits per heavy atom. The summed E-state index contributed by atoms with van der Waals surface area (Å²) in [5.41, 5.74) is 3.05. The number of aromatic nitrogens is 1. The summed E-state index contributed by atoms with van der Waals surface area (Å²) in [4.78, 5) is 105. The Bertz CT molecular complexity index is 2580. The molecule has 4 N–H and O–H groups in total. The molecule has 3 fully saturated rings. The average Bonchev–Trinajstić information content (AvgIpc) is 4.02. The molecule has 0 radical (unpaired) electrons. The molecule has 4 aromatic rings. The number of phenols is 1. The van der Waals surface area contributed by atoms with Gasteiger partial charge in [-0.25, -0.2) is 9.37 Å². The van der Waals surface area contributed by atoms with Crippen molar-refractivity contribution in [2.75, 3.05) is 61.3 Å². The van der Waals surface area contributed by atoms with E-state index in [0.29, 0.717) is 48.5 Å². The maximum Gasteiger partial charge on any atom is 0.264 e. The van der Waals surface area contributed by atoms with Crippen molar-refractivity contribution in [2.45, 2.75) is 76.0 Å². The lowest BCUT2D eigenvalue weighted by Crippen LogP contribution is -2.54. The van der Waals surface area contributed by atoms with E-state index in [9.17, 15) is 43.1 Å². The molecular weight excluding hydrogens is 870 g/mol. The molecular formula is C47H50FN9O8S. The number of phenolic OH excluding ortho intramolecular Hbond substituents is 1. The minimum absolute atomic E-state index is 0.0168. The topological polar surface area (TPSA) is 205 Å². The van der Waals surface area contributed by atoms with E-state index in [0.717, 1.165) is 86.6 Å². The summed E-state index contributed by atoms with van der Waals surface area (Å²) in [6.07, 6.45) is 6.24. The van der Waals surface area contributed by atoms with E-state index in [4.69, 9.17) is 0 Å². The number of hydrogen-bond acceptors (Lipinski definition) is 13. The Morgan fingerprint density at radius 3 is 2.44 bits per heavy atom. The molecule has 66 heavy (non-hydrogen) atoms. The Morgan fingerprint density at radius 2 is 1.68 bits per heavy atom. The molecule has 17 nitrogen and oxygen atoms in total. The number of amides is 7. The van der Waals surface area contributed by atoms with Crippen molar-refractivity contribution in [2.24, 2.45) is 0 Å². The van der Waals surface area contributed by atoms with Gasteiger partial charge in [0.2, 0.25) is 17.7 Å². The zero-order chi connectivity index (χ0) is 46.1. The lowest BCUT2D eigenvalue weighted by Gasteiger charge is -2.43. The van der Waals surface area contributed by atoms with E-state index in [1.807, 2.05) is 23.1 Å². The van der Waals surface area contributed by atoms with Crippen molar-refractivity contribution in [3.8, 4) is 5.75 Å². The van der Waals surface area contributed by atoms with Crippen molar-refractivity contribution in [3.63, 3.8) is 0 Å². The van der Waals surface area contributed by atoms with E-state index >= 15 is 0 Å². The number of piperazine rings is 1. The number of hydrogen-bond donors (Lipinski definition) is 4. The number of halogens is 1. The van der Waals surface area contributed by atoms with Crippen LogP contribution in [0.3, 0.4) is 0 Å². The second-order valence-electron chi connectivity index (χ2n) is 17.3. The minimum Gasteiger partial charge on any atom is -0.508 e. The van der Waals surface area contributed by atoms with Gasteiger partial charge in [0, 0.05) is 105 Å². The second-order valence-corrected chi connectivity index (χ2v) is 18.1. The molecule has 1 aromatic heterocycles. The van der Waals surface area contributed by atoms with Crippen molar-refractivity contribution in [1.29, 1.82) is 0 Å². The third kappa shape index (κ3) is 8.96. The van der Waals surface area contributed by atoms with Crippen LogP contribution >= 0.6 is 11.3 Å². The molecule has 2 unspecified atom stereocenters. The second kappa shape index (κ2) is 19.0. The van der Waals surface area contributed by atoms with E-state index in [-0.39, 0.29) is 53.6 Å². The summed E-state index contributed by atoms with van der Waals surface area (Å²) >= 11 is 1.21. The number of carbonyl (C=O) groups is 7. The minimum atomic E-state index is -1.30. The fourth-order valence-corrected chi connectivity index (χ4v) is 10.3. The summed E-state index contributed by atoms with van der Waals surface area (Å²) in [7, 11) is 0. The molecule has 9 rings (SSSR count). The molecule has 0 aliphatic carbocycles. The highest BCUT2D eigenvalue weighted by Crippen LogP contribution is 2.38. The summed E-state index contributed by atoms with van der Waals surface area (Å²) < 4.78 is 14.4. The van der Waals surface area contributed by atoms with E-state index < -0.39 is 47.4 Å². The van der Waals surface area contributed by atoms with Crippen molar-refractivity contribution < 1.29 is 43.1 Å². The highest BCUT2D eigenvalue weighted by molar-refractivity contribution is 7.13. The SMILES string of the molecule is O=C1CCC(N2C(=O)c3cccc(NCCCCCC(=O)N4CCN(C5CCN(c6ccc7c(c6)C(=O)N(C(C(=O)Nc6nccs6)c6cc(F)ccc6O)C7)CC5)CC4)c3C2=O)C(=O)N1. The smallest absolute Gasteiger partial charge is 0.264 e. The van der Waals surface area contributed by atoms with Crippen LogP contribution in [-0.4, -0.2) is 129 Å². The highest BCUT2D eigenvalue weighted by Gasteiger charge is 2.46. The molecule has 0 spiro atoms. The molecule has 7 amide bonds. The zero-order valence-electron chi connectivity index (χ0n) is 36.2. The lowest BCUT2D eigenvalue weighted by atomic mass is 10.0. The monoisotopic (exact) mass is 919 g/mol. The van der Waals surface area contributed by atoms with Crippen LogP contribution in [0.4, 0.5) is 20.9 Å². The number of thiazole rings is 1. The molecule has 344 valence electrons. The molecule has 0 bridgehead atoms. The van der Waals surface area contributed by atoms with Gasteiger partial charge in [0.1, 0.15) is 23.7 Å². The van der Waals surface area contributed by atoms with Gasteiger partial charge < -0.3 is 25.1 Å². The maximum absolute atomic E-state index is 14.4. The number of imide groups is 2. The molecule has 19 heteroatoms. The van der Waals surface area contributed by atoms with E-state index in [1.165, 1.54) is 28.5 Å². The van der Waals surface area contributed by atoms with Gasteiger partial charge in [-0.05, 0) is 80.1 Å². The molecule has 5 aliphatic rings. The normalized spacial score (nSPS) is 19.5. The molecule has 0 saturated carbocycles. The van der Waals surface area contributed by atoms with Gasteiger partial charge in [0.05, 0.1) is 11.1 Å². The predicted octanol–water partition coefficient (Wildman–Crippen LogP) is 4.51. The highest BCUT2D eigenvalue weighted by atomic mass is 32.1. The number of aromatic hydroxyl groups is 1. The van der Waals surface area contributed by atoms with Crippen molar-refractivity contribution >= 4 is 69.2 Å². The molecule has 3 saturated heterocycles. The summed E-state index contributed by atoms with van der Waals surface area (Å²) in [6, 6.07) is 12.1. The van der Waals surface area contributed by atoms with Gasteiger partial charge in [0.25, 0.3) is 23.6 Å². The van der Waals surface area contributed by atoms with Crippen LogP contribution in [0.2, 0.25) is 0 Å². The first-order valence-electron chi connectivity index (χ1n) is 22.4. The summed E-state index contributed by atoms with van der Waals surface area (Å²) in [5, 5.41) is 20.9. The molecule has 2 atom stereocenters. The molecule has 6 heterocycles. The molecule has 5 aliphatic heterocycles. The third-order valence-electron chi connectivity index (χ3n) is 13.3. The first kappa shape index (κ1) is 44.5. The largest absolute Gasteiger partial charge is 0.508 e. The number of anilines is 3. The Balaban J connectivity index is 0.710. The number of carbonyl (C=O) groups excluding carboxylic acids is 7. The summed E-state index contributed by atoms with van der Waals surface area (Å²) in [5.74, 6) is -3.97. The maximum atomic E-state index is 14.4. The predicted molar refractivity (Wildman–Crippen MR) is 241 cm³/mol. The molecule has 3 aromatic carbocycles. The van der Waals surface area contributed by atoms with Gasteiger partial charge in [-0.2, -0.15) is 0 Å². The fourth-order valence-electron chi connectivity index (χ4n) is 9.82. The Labute approximate surface area is 383 Å². The Kier molecular flexibility index (Phi) is 12.8. The van der Waals surface area contributed by atoms with Crippen LogP contribution in [0, 0.1) is 5.82 Å². The van der Waals surface area contributed by atoms with Gasteiger partial charge in [-0.3, -0.25) is 54.0 Å². The average molecular weight is 920 g/mol. The third-order valence-corrected chi connectivity index (χ3v) is 14.0. The van der Waals surface area contributed by atoms with Crippen molar-refractivity contribution in [3.05, 3.63) is 99.8 Å². The van der Waals surface area contributed by atoms with Gasteiger partial charge in [0.15, 0.2) is 5.13 Å². The van der Waals surface area contributed by atoms with Crippen molar-refractivity contribution in [1.82, 2.24) is 29.9 Å². The lowest BCUT2D eigenvalue weighted by molar-refractivity contribution is -0.136. The number of unbranched alkanes of at least 4 members (excludes halogenated alkanes) is 2. The number of benzene rings is 3. The standard InChI is InChI=1S/C47H50FN9O8S/c48-29-9-12-37(58)34(25-29)41(43(62)52-47-50-17-24-66-47)56-27-28-8-10-31(26-33(28)44(56)63)53-18-14-30(15-19-53)54-20-22-55(23-21-54)39(60)7-2-1-3-16-49-35-6-4-5-32-40(35)46(65)57(45(32)64)36-11-13-38(59)51-42(36)61/h4-6,8-10,12,17,24-26,30,36,41,49,58H,1-3,7,11,13-16,18-23,27H2,(H,50,52,62)(H,51,59,61). The van der Waals surface area contributed by atoms with Gasteiger partial charge in [-0.1, -0.05) is 18.6 Å². The van der Waals surface area contributed by atoms with Crippen LogP contribution in [0.25, 0.3) is 0 Å². The fraction of sp³-hybridized carbons (Fsp3) is 0.404. The zero-order valence-corrected chi connectivity index (χ0v) is 37.0. The van der Waals surface area contributed by atoms with Crippen LogP contribution in [0.1, 0.15) is 99.6 Å². The summed E-state index contributed by atoms with van der Waals surface area (Å²) in [6.45, 7) is 5.14. The van der Waals surface area contributed by atoms with Crippen LogP contribution < -0.4 is 20.9 Å². The van der Waals surface area contributed by atoms with Crippen LogP contribution in [-0.2, 0) is 25.7 Å².